The molecule has 1 aromatic carbocycles. The fourth-order valence-electron chi connectivity index (χ4n) is 2.02. The maximum absolute atomic E-state index is 11.4. The number of halogens is 1. The first kappa shape index (κ1) is 13.6. The summed E-state index contributed by atoms with van der Waals surface area (Å²) in [6.45, 7) is 2.90. The fourth-order valence-corrected chi connectivity index (χ4v) is 3.53. The lowest BCUT2D eigenvalue weighted by molar-refractivity contribution is 0.587. The molecule has 0 saturated carbocycles. The minimum Gasteiger partial charge on any atom is -0.368 e. The first-order chi connectivity index (χ1) is 8.39. The topological polar surface area (TPSA) is 63.4 Å². The summed E-state index contributed by atoms with van der Waals surface area (Å²) < 4.78 is 22.8. The van der Waals surface area contributed by atoms with Crippen molar-refractivity contribution >= 4 is 27.1 Å². The molecule has 1 aliphatic heterocycles. The van der Waals surface area contributed by atoms with Crippen LogP contribution in [-0.4, -0.2) is 33.0 Å². The van der Waals surface area contributed by atoms with Crippen molar-refractivity contribution in [2.24, 2.45) is 5.73 Å². The summed E-state index contributed by atoms with van der Waals surface area (Å²) in [7, 11) is -2.86. The standard InChI is InChI=1S/C12H17ClN2O2S/c1-9(14)10-2-3-12(11(13)8-10)15-4-6-18(16,17)7-5-15/h2-3,8-9H,4-7,14H2,1H3. The van der Waals surface area contributed by atoms with Gasteiger partial charge in [-0.1, -0.05) is 17.7 Å². The SMILES string of the molecule is CC(N)c1ccc(N2CCS(=O)(=O)CC2)c(Cl)c1. The first-order valence-electron chi connectivity index (χ1n) is 5.89. The van der Waals surface area contributed by atoms with Gasteiger partial charge in [0.2, 0.25) is 0 Å². The molecule has 0 aromatic heterocycles. The maximum Gasteiger partial charge on any atom is 0.153 e. The molecule has 1 fully saturated rings. The van der Waals surface area contributed by atoms with E-state index in [1.165, 1.54) is 0 Å². The molecular formula is C12H17ClN2O2S. The number of hydrogen-bond acceptors (Lipinski definition) is 4. The van der Waals surface area contributed by atoms with E-state index in [1.54, 1.807) is 0 Å². The second-order valence-electron chi connectivity index (χ2n) is 4.64. The van der Waals surface area contributed by atoms with Gasteiger partial charge in [-0.2, -0.15) is 0 Å². The zero-order chi connectivity index (χ0) is 13.3. The van der Waals surface area contributed by atoms with Crippen molar-refractivity contribution in [2.75, 3.05) is 29.5 Å². The maximum atomic E-state index is 11.4. The van der Waals surface area contributed by atoms with E-state index in [9.17, 15) is 8.42 Å². The van der Waals surface area contributed by atoms with Crippen molar-refractivity contribution in [3.05, 3.63) is 28.8 Å². The Kier molecular flexibility index (Phi) is 3.84. The molecule has 1 aliphatic rings. The van der Waals surface area contributed by atoms with Crippen LogP contribution in [0.25, 0.3) is 0 Å². The average Bonchev–Trinajstić information content (AvgIpc) is 2.29. The summed E-state index contributed by atoms with van der Waals surface area (Å²) in [6.07, 6.45) is 0. The van der Waals surface area contributed by atoms with Crippen LogP contribution in [0.5, 0.6) is 0 Å². The molecule has 0 aliphatic carbocycles. The Labute approximate surface area is 113 Å². The molecule has 1 saturated heterocycles. The third-order valence-corrected chi connectivity index (χ3v) is 5.09. The van der Waals surface area contributed by atoms with Gasteiger partial charge in [0.05, 0.1) is 22.2 Å². The Bertz CT molecular complexity index is 529. The summed E-state index contributed by atoms with van der Waals surface area (Å²) in [5.41, 5.74) is 7.66. The summed E-state index contributed by atoms with van der Waals surface area (Å²) >= 11 is 6.23. The van der Waals surface area contributed by atoms with Crippen LogP contribution in [0, 0.1) is 0 Å². The van der Waals surface area contributed by atoms with Crippen molar-refractivity contribution in [3.63, 3.8) is 0 Å². The molecule has 2 N–H and O–H groups in total. The second-order valence-corrected chi connectivity index (χ2v) is 7.35. The highest BCUT2D eigenvalue weighted by molar-refractivity contribution is 7.91. The molecule has 1 heterocycles. The van der Waals surface area contributed by atoms with Crippen LogP contribution in [-0.2, 0) is 9.84 Å². The highest BCUT2D eigenvalue weighted by Gasteiger charge is 2.23. The van der Waals surface area contributed by atoms with Crippen LogP contribution >= 0.6 is 11.6 Å². The second kappa shape index (κ2) is 5.07. The minimum atomic E-state index is -2.86. The largest absolute Gasteiger partial charge is 0.368 e. The average molecular weight is 289 g/mol. The number of rotatable bonds is 2. The van der Waals surface area contributed by atoms with Crippen LogP contribution in [0.1, 0.15) is 18.5 Å². The molecule has 1 aromatic rings. The predicted octanol–water partition coefficient (Wildman–Crippen LogP) is 1.59. The van der Waals surface area contributed by atoms with Gasteiger partial charge in [0, 0.05) is 19.1 Å². The summed E-state index contributed by atoms with van der Waals surface area (Å²) in [6, 6.07) is 5.65. The molecule has 0 radical (unpaired) electrons. The Hall–Kier alpha value is -0.780. The van der Waals surface area contributed by atoms with E-state index in [1.807, 2.05) is 30.0 Å². The smallest absolute Gasteiger partial charge is 0.153 e. The third-order valence-electron chi connectivity index (χ3n) is 3.18. The van der Waals surface area contributed by atoms with E-state index in [0.717, 1.165) is 11.3 Å². The van der Waals surface area contributed by atoms with Crippen molar-refractivity contribution in [1.82, 2.24) is 0 Å². The Morgan fingerprint density at radius 2 is 1.94 bits per heavy atom. The number of sulfone groups is 1. The van der Waals surface area contributed by atoms with Gasteiger partial charge in [0.25, 0.3) is 0 Å². The summed E-state index contributed by atoms with van der Waals surface area (Å²) in [5, 5.41) is 0.629. The first-order valence-corrected chi connectivity index (χ1v) is 8.09. The molecular weight excluding hydrogens is 272 g/mol. The zero-order valence-corrected chi connectivity index (χ0v) is 11.8. The van der Waals surface area contributed by atoms with Crippen LogP contribution in [0.4, 0.5) is 5.69 Å². The van der Waals surface area contributed by atoms with E-state index in [4.69, 9.17) is 17.3 Å². The molecule has 100 valence electrons. The van der Waals surface area contributed by atoms with Gasteiger partial charge in [0.15, 0.2) is 9.84 Å². The molecule has 0 bridgehead atoms. The van der Waals surface area contributed by atoms with Crippen molar-refractivity contribution < 1.29 is 8.42 Å². The summed E-state index contributed by atoms with van der Waals surface area (Å²) in [5.74, 6) is 0.386. The third kappa shape index (κ3) is 2.96. The molecule has 6 heteroatoms. The van der Waals surface area contributed by atoms with Gasteiger partial charge < -0.3 is 10.6 Å². The van der Waals surface area contributed by atoms with E-state index < -0.39 is 9.84 Å². The highest BCUT2D eigenvalue weighted by Crippen LogP contribution is 2.29. The lowest BCUT2D eigenvalue weighted by Crippen LogP contribution is -2.40. The molecule has 2 rings (SSSR count). The molecule has 0 spiro atoms. The van der Waals surface area contributed by atoms with Gasteiger partial charge >= 0.3 is 0 Å². The van der Waals surface area contributed by atoms with Gasteiger partial charge in [-0.15, -0.1) is 0 Å². The molecule has 0 amide bonds. The van der Waals surface area contributed by atoms with Crippen LogP contribution in [0.2, 0.25) is 5.02 Å². The Morgan fingerprint density at radius 3 is 2.44 bits per heavy atom. The van der Waals surface area contributed by atoms with Gasteiger partial charge in [-0.25, -0.2) is 8.42 Å². The van der Waals surface area contributed by atoms with Gasteiger partial charge in [0.1, 0.15) is 0 Å². The number of hydrogen-bond donors (Lipinski definition) is 1. The Morgan fingerprint density at radius 1 is 1.33 bits per heavy atom. The molecule has 18 heavy (non-hydrogen) atoms. The van der Waals surface area contributed by atoms with Gasteiger partial charge in [-0.05, 0) is 24.6 Å². The summed E-state index contributed by atoms with van der Waals surface area (Å²) in [4.78, 5) is 2.01. The van der Waals surface area contributed by atoms with Crippen molar-refractivity contribution in [3.8, 4) is 0 Å². The van der Waals surface area contributed by atoms with Crippen molar-refractivity contribution in [1.29, 1.82) is 0 Å². The molecule has 4 nitrogen and oxygen atoms in total. The normalized spacial score (nSPS) is 20.7. The van der Waals surface area contributed by atoms with Crippen molar-refractivity contribution in [2.45, 2.75) is 13.0 Å². The number of anilines is 1. The van der Waals surface area contributed by atoms with E-state index in [0.29, 0.717) is 18.1 Å². The molecule has 1 atom stereocenters. The quantitative estimate of drug-likeness (QED) is 0.898. The number of benzene rings is 1. The number of nitrogens with zero attached hydrogens (tertiary/aromatic N) is 1. The molecule has 1 unspecified atom stereocenters. The zero-order valence-electron chi connectivity index (χ0n) is 10.3. The number of nitrogens with two attached hydrogens (primary N) is 1. The van der Waals surface area contributed by atoms with Crippen LogP contribution < -0.4 is 10.6 Å². The lowest BCUT2D eigenvalue weighted by atomic mass is 10.1. The highest BCUT2D eigenvalue weighted by atomic mass is 35.5. The van der Waals surface area contributed by atoms with Crippen LogP contribution in [0.15, 0.2) is 18.2 Å². The van der Waals surface area contributed by atoms with E-state index in [2.05, 4.69) is 0 Å². The minimum absolute atomic E-state index is 0.0571. The predicted molar refractivity (Wildman–Crippen MR) is 74.9 cm³/mol. The van der Waals surface area contributed by atoms with Crippen LogP contribution in [0.3, 0.4) is 0 Å². The Balaban J connectivity index is 2.20. The lowest BCUT2D eigenvalue weighted by Gasteiger charge is -2.29. The van der Waals surface area contributed by atoms with E-state index >= 15 is 0 Å². The monoisotopic (exact) mass is 288 g/mol. The van der Waals surface area contributed by atoms with Gasteiger partial charge in [-0.3, -0.25) is 0 Å². The van der Waals surface area contributed by atoms with E-state index in [-0.39, 0.29) is 17.5 Å². The fraction of sp³-hybridized carbons (Fsp3) is 0.500.